The van der Waals surface area contributed by atoms with Crippen LogP contribution < -0.4 is 10.6 Å². The van der Waals surface area contributed by atoms with Gasteiger partial charge in [-0.25, -0.2) is 0 Å². The van der Waals surface area contributed by atoms with Gasteiger partial charge < -0.3 is 20.5 Å². The molecular formula is C31H46N2O4. The summed E-state index contributed by atoms with van der Waals surface area (Å²) in [5, 5.41) is 16.8. The summed E-state index contributed by atoms with van der Waals surface area (Å²) in [6.07, 6.45) is 1.45. The average molecular weight is 511 g/mol. The first-order valence-corrected chi connectivity index (χ1v) is 13.3. The number of phenols is 1. The van der Waals surface area contributed by atoms with E-state index in [0.717, 1.165) is 27.8 Å². The molecule has 37 heavy (non-hydrogen) atoms. The van der Waals surface area contributed by atoms with E-state index in [2.05, 4.69) is 52.2 Å². The number of carbonyl (C=O) groups excluding carboxylic acids is 2. The van der Waals surface area contributed by atoms with Gasteiger partial charge in [0, 0.05) is 26.2 Å². The first-order valence-electron chi connectivity index (χ1n) is 13.3. The smallest absolute Gasteiger partial charge is 0.247 e. The van der Waals surface area contributed by atoms with Gasteiger partial charge in [-0.3, -0.25) is 9.59 Å². The first-order chi connectivity index (χ1) is 17.2. The molecule has 6 nitrogen and oxygen atoms in total. The molecule has 0 saturated carbocycles. The number of benzene rings is 2. The van der Waals surface area contributed by atoms with E-state index in [1.165, 1.54) is 0 Å². The largest absolute Gasteiger partial charge is 0.507 e. The fourth-order valence-electron chi connectivity index (χ4n) is 4.16. The molecule has 0 heterocycles. The van der Waals surface area contributed by atoms with Crippen molar-refractivity contribution >= 4 is 11.8 Å². The molecule has 1 atom stereocenters. The Balaban J connectivity index is 2.18. The maximum absolute atomic E-state index is 13.1. The van der Waals surface area contributed by atoms with Crippen LogP contribution in [0.1, 0.15) is 95.2 Å². The number of hydrogen-bond donors (Lipinski definition) is 3. The van der Waals surface area contributed by atoms with Crippen molar-refractivity contribution in [3.63, 3.8) is 0 Å². The molecule has 0 aliphatic carbocycles. The number of nitrogens with one attached hydrogen (secondary N) is 2. The second-order valence-corrected chi connectivity index (χ2v) is 11.8. The van der Waals surface area contributed by atoms with Gasteiger partial charge in [0.25, 0.3) is 0 Å². The van der Waals surface area contributed by atoms with Gasteiger partial charge in [0.15, 0.2) is 0 Å². The molecule has 0 aromatic heterocycles. The number of amides is 2. The molecule has 0 saturated heterocycles. The summed E-state index contributed by atoms with van der Waals surface area (Å²) in [4.78, 5) is 26.1. The predicted octanol–water partition coefficient (Wildman–Crippen LogP) is 5.63. The predicted molar refractivity (Wildman–Crippen MR) is 150 cm³/mol. The van der Waals surface area contributed by atoms with Gasteiger partial charge in [-0.1, -0.05) is 83.5 Å². The van der Waals surface area contributed by atoms with Crippen molar-refractivity contribution in [1.29, 1.82) is 0 Å². The van der Waals surface area contributed by atoms with Crippen LogP contribution in [0.4, 0.5) is 0 Å². The second-order valence-electron chi connectivity index (χ2n) is 11.8. The Morgan fingerprint density at radius 1 is 0.973 bits per heavy atom. The van der Waals surface area contributed by atoms with Gasteiger partial charge >= 0.3 is 0 Å². The third-order valence-electron chi connectivity index (χ3n) is 6.37. The lowest BCUT2D eigenvalue weighted by Crippen LogP contribution is -2.41. The minimum absolute atomic E-state index is 0.197. The SMILES string of the molecule is CCOCCCNC(=O)[C@@H](NC(=O)CCc1cc(C(C)(C)C)c(O)c(C(C)(C)C)c1)c1ccc(C)cc1. The molecule has 2 amide bonds. The molecule has 0 spiro atoms. The minimum atomic E-state index is -0.768. The van der Waals surface area contributed by atoms with E-state index in [1.807, 2.05) is 50.2 Å². The summed E-state index contributed by atoms with van der Waals surface area (Å²) in [7, 11) is 0. The van der Waals surface area contributed by atoms with Gasteiger partial charge in [-0.15, -0.1) is 0 Å². The normalized spacial score (nSPS) is 12.8. The Hall–Kier alpha value is -2.86. The van der Waals surface area contributed by atoms with Gasteiger partial charge in [0.2, 0.25) is 11.8 Å². The lowest BCUT2D eigenvalue weighted by atomic mass is 9.78. The van der Waals surface area contributed by atoms with Crippen molar-refractivity contribution in [2.24, 2.45) is 0 Å². The number of rotatable bonds is 11. The lowest BCUT2D eigenvalue weighted by molar-refractivity contribution is -0.129. The summed E-state index contributed by atoms with van der Waals surface area (Å²) in [6.45, 7) is 18.1. The molecule has 204 valence electrons. The second kappa shape index (κ2) is 13.1. The molecule has 2 aromatic rings. The molecule has 6 heteroatoms. The van der Waals surface area contributed by atoms with E-state index in [9.17, 15) is 14.7 Å². The molecule has 2 aromatic carbocycles. The van der Waals surface area contributed by atoms with Crippen LogP contribution in [-0.4, -0.2) is 36.7 Å². The quantitative estimate of drug-likeness (QED) is 0.342. The van der Waals surface area contributed by atoms with E-state index < -0.39 is 6.04 Å². The van der Waals surface area contributed by atoms with Crippen LogP contribution in [-0.2, 0) is 31.6 Å². The van der Waals surface area contributed by atoms with E-state index in [0.29, 0.717) is 38.3 Å². The Bertz CT molecular complexity index is 1010. The van der Waals surface area contributed by atoms with Gasteiger partial charge in [0.05, 0.1) is 0 Å². The van der Waals surface area contributed by atoms with Gasteiger partial charge in [-0.2, -0.15) is 0 Å². The van der Waals surface area contributed by atoms with Crippen LogP contribution >= 0.6 is 0 Å². The van der Waals surface area contributed by atoms with E-state index in [-0.39, 0.29) is 29.1 Å². The Labute approximate surface area is 223 Å². The number of aromatic hydroxyl groups is 1. The van der Waals surface area contributed by atoms with Crippen molar-refractivity contribution < 1.29 is 19.4 Å². The molecule has 0 radical (unpaired) electrons. The molecular weight excluding hydrogens is 464 g/mol. The van der Waals surface area contributed by atoms with E-state index in [4.69, 9.17) is 4.74 Å². The molecule has 0 fully saturated rings. The topological polar surface area (TPSA) is 87.7 Å². The van der Waals surface area contributed by atoms with Crippen molar-refractivity contribution in [1.82, 2.24) is 10.6 Å². The van der Waals surface area contributed by atoms with Gasteiger partial charge in [-0.05, 0) is 59.8 Å². The van der Waals surface area contributed by atoms with Crippen molar-refractivity contribution in [3.05, 3.63) is 64.2 Å². The number of carbonyl (C=O) groups is 2. The zero-order chi connectivity index (χ0) is 27.8. The first kappa shape index (κ1) is 30.4. The Morgan fingerprint density at radius 3 is 2.05 bits per heavy atom. The fourth-order valence-corrected chi connectivity index (χ4v) is 4.16. The average Bonchev–Trinajstić information content (AvgIpc) is 2.80. The molecule has 2 rings (SSSR count). The third-order valence-corrected chi connectivity index (χ3v) is 6.37. The molecule has 0 bridgehead atoms. The highest BCUT2D eigenvalue weighted by molar-refractivity contribution is 5.88. The van der Waals surface area contributed by atoms with Crippen LogP contribution in [0.5, 0.6) is 5.75 Å². The summed E-state index contributed by atoms with van der Waals surface area (Å²) in [6, 6.07) is 10.9. The summed E-state index contributed by atoms with van der Waals surface area (Å²) in [5.74, 6) is -0.102. The zero-order valence-corrected chi connectivity index (χ0v) is 24.0. The van der Waals surface area contributed by atoms with Crippen molar-refractivity contribution in [3.8, 4) is 5.75 Å². The van der Waals surface area contributed by atoms with Crippen LogP contribution in [0.25, 0.3) is 0 Å². The fraction of sp³-hybridized carbons (Fsp3) is 0.548. The highest BCUT2D eigenvalue weighted by atomic mass is 16.5. The van der Waals surface area contributed by atoms with Crippen LogP contribution in [0.2, 0.25) is 0 Å². The van der Waals surface area contributed by atoms with Crippen LogP contribution in [0, 0.1) is 6.92 Å². The molecule has 0 aliphatic heterocycles. The Kier molecular flexibility index (Phi) is 10.7. The molecule has 0 unspecified atom stereocenters. The standard InChI is InChI=1S/C31H46N2O4/c1-9-37-18-10-17-32-29(36)27(23-14-11-21(2)12-15-23)33-26(34)16-13-22-19-24(30(3,4)5)28(35)25(20-22)31(6,7)8/h11-12,14-15,19-20,27,35H,9-10,13,16-18H2,1-8H3,(H,32,36)(H,33,34)/t27-/m0/s1. The number of aryl methyl sites for hydroxylation is 2. The lowest BCUT2D eigenvalue weighted by Gasteiger charge is -2.28. The zero-order valence-electron chi connectivity index (χ0n) is 24.0. The maximum Gasteiger partial charge on any atom is 0.247 e. The number of ether oxygens (including phenoxy) is 1. The summed E-state index contributed by atoms with van der Waals surface area (Å²) in [5.41, 5.74) is 4.10. The third kappa shape index (κ3) is 9.19. The highest BCUT2D eigenvalue weighted by Gasteiger charge is 2.27. The Morgan fingerprint density at radius 2 is 1.54 bits per heavy atom. The number of phenolic OH excluding ortho intramolecular Hbond substituents is 1. The van der Waals surface area contributed by atoms with E-state index in [1.54, 1.807) is 0 Å². The van der Waals surface area contributed by atoms with Crippen LogP contribution in [0.3, 0.4) is 0 Å². The summed E-state index contributed by atoms with van der Waals surface area (Å²) < 4.78 is 5.34. The summed E-state index contributed by atoms with van der Waals surface area (Å²) >= 11 is 0. The van der Waals surface area contributed by atoms with Crippen LogP contribution in [0.15, 0.2) is 36.4 Å². The van der Waals surface area contributed by atoms with Crippen molar-refractivity contribution in [2.45, 2.75) is 91.5 Å². The monoisotopic (exact) mass is 510 g/mol. The van der Waals surface area contributed by atoms with Gasteiger partial charge in [0.1, 0.15) is 11.8 Å². The highest BCUT2D eigenvalue weighted by Crippen LogP contribution is 2.40. The van der Waals surface area contributed by atoms with E-state index >= 15 is 0 Å². The number of hydrogen-bond acceptors (Lipinski definition) is 4. The minimum Gasteiger partial charge on any atom is -0.507 e. The van der Waals surface area contributed by atoms with Crippen molar-refractivity contribution in [2.75, 3.05) is 19.8 Å². The maximum atomic E-state index is 13.1. The molecule has 3 N–H and O–H groups in total. The molecule has 0 aliphatic rings.